The van der Waals surface area contributed by atoms with Crippen LogP contribution in [0.25, 0.3) is 10.6 Å². The number of thiazole rings is 1. The molecule has 4 rings (SSSR count). The first-order valence-corrected chi connectivity index (χ1v) is 10.7. The summed E-state index contributed by atoms with van der Waals surface area (Å²) >= 11 is 1.53. The first-order valence-electron chi connectivity index (χ1n) is 9.88. The smallest absolute Gasteiger partial charge is 0.252 e. The molecule has 1 amide bonds. The van der Waals surface area contributed by atoms with Gasteiger partial charge >= 0.3 is 0 Å². The van der Waals surface area contributed by atoms with Crippen molar-refractivity contribution in [3.05, 3.63) is 106 Å². The Morgan fingerprint density at radius 1 is 0.935 bits per heavy atom. The van der Waals surface area contributed by atoms with Gasteiger partial charge in [-0.15, -0.1) is 11.3 Å². The van der Waals surface area contributed by atoms with E-state index in [1.54, 1.807) is 48.8 Å². The molecule has 0 spiro atoms. The minimum absolute atomic E-state index is 0.168. The Balaban J connectivity index is 1.52. The molecule has 4 aromatic rings. The molecule has 154 valence electrons. The summed E-state index contributed by atoms with van der Waals surface area (Å²) in [4.78, 5) is 35.6. The fraction of sp³-hybridized carbons (Fsp3) is 0.120. The molecule has 31 heavy (non-hydrogen) atoms. The van der Waals surface area contributed by atoms with E-state index in [1.807, 2.05) is 38.1 Å². The topological polar surface area (TPSA) is 72.0 Å². The molecule has 2 aromatic heterocycles. The molecule has 0 atom stereocenters. The third-order valence-corrected chi connectivity index (χ3v) is 6.15. The van der Waals surface area contributed by atoms with Gasteiger partial charge in [0.15, 0.2) is 5.78 Å². The molecule has 0 fully saturated rings. The maximum absolute atomic E-state index is 13.0. The van der Waals surface area contributed by atoms with Crippen molar-refractivity contribution in [2.75, 3.05) is 0 Å². The molecule has 0 aliphatic heterocycles. The third kappa shape index (κ3) is 4.59. The van der Waals surface area contributed by atoms with Gasteiger partial charge in [0.05, 0.1) is 17.8 Å². The van der Waals surface area contributed by atoms with E-state index in [-0.39, 0.29) is 11.7 Å². The summed E-state index contributed by atoms with van der Waals surface area (Å²) in [7, 11) is 0. The van der Waals surface area contributed by atoms with Crippen molar-refractivity contribution in [1.29, 1.82) is 0 Å². The second-order valence-corrected chi connectivity index (χ2v) is 8.28. The van der Waals surface area contributed by atoms with E-state index in [2.05, 4.69) is 15.3 Å². The van der Waals surface area contributed by atoms with E-state index in [0.29, 0.717) is 23.2 Å². The molecule has 0 unspecified atom stereocenters. The highest BCUT2D eigenvalue weighted by molar-refractivity contribution is 7.15. The highest BCUT2D eigenvalue weighted by Gasteiger charge is 2.18. The molecular formula is C25H21N3O2S. The molecule has 0 aliphatic carbocycles. The Morgan fingerprint density at radius 3 is 2.39 bits per heavy atom. The summed E-state index contributed by atoms with van der Waals surface area (Å²) in [6.45, 7) is 4.24. The van der Waals surface area contributed by atoms with Crippen molar-refractivity contribution >= 4 is 23.0 Å². The van der Waals surface area contributed by atoms with Crippen LogP contribution < -0.4 is 5.32 Å². The lowest BCUT2D eigenvalue weighted by Gasteiger charge is -2.09. The standard InChI is InChI=1S/C25H21N3O2S/c1-16-9-11-18(12-10-16)23(29)20-7-3-4-8-21(20)24(30)27-15-22-17(2)28-25(31-22)19-6-5-13-26-14-19/h3-14H,15H2,1-2H3,(H,27,30). The number of aryl methyl sites for hydroxylation is 2. The molecule has 2 aromatic carbocycles. The van der Waals surface area contributed by atoms with Gasteiger partial charge in [0, 0.05) is 34.0 Å². The first kappa shape index (κ1) is 20.6. The fourth-order valence-electron chi connectivity index (χ4n) is 3.20. The minimum atomic E-state index is -0.285. The average molecular weight is 428 g/mol. The number of rotatable bonds is 6. The second kappa shape index (κ2) is 9.02. The first-order chi connectivity index (χ1) is 15.0. The van der Waals surface area contributed by atoms with Crippen LogP contribution in [0.3, 0.4) is 0 Å². The zero-order chi connectivity index (χ0) is 21.8. The van der Waals surface area contributed by atoms with Gasteiger partial charge in [-0.2, -0.15) is 0 Å². The number of pyridine rings is 1. The number of nitrogens with one attached hydrogen (secondary N) is 1. The van der Waals surface area contributed by atoms with E-state index in [0.717, 1.165) is 26.7 Å². The maximum Gasteiger partial charge on any atom is 0.252 e. The average Bonchev–Trinajstić information content (AvgIpc) is 3.18. The van der Waals surface area contributed by atoms with Crippen molar-refractivity contribution in [2.45, 2.75) is 20.4 Å². The monoisotopic (exact) mass is 427 g/mol. The highest BCUT2D eigenvalue weighted by Crippen LogP contribution is 2.27. The van der Waals surface area contributed by atoms with Crippen LogP contribution >= 0.6 is 11.3 Å². The van der Waals surface area contributed by atoms with E-state index in [9.17, 15) is 9.59 Å². The molecule has 0 bridgehead atoms. The van der Waals surface area contributed by atoms with Crippen LogP contribution in [-0.4, -0.2) is 21.7 Å². The minimum Gasteiger partial charge on any atom is -0.347 e. The van der Waals surface area contributed by atoms with E-state index in [1.165, 1.54) is 11.3 Å². The van der Waals surface area contributed by atoms with E-state index >= 15 is 0 Å². The SMILES string of the molecule is Cc1ccc(C(=O)c2ccccc2C(=O)NCc2sc(-c3cccnc3)nc2C)cc1. The summed E-state index contributed by atoms with van der Waals surface area (Å²) in [6.07, 6.45) is 3.49. The Morgan fingerprint density at radius 2 is 1.68 bits per heavy atom. The molecule has 0 saturated carbocycles. The van der Waals surface area contributed by atoms with Gasteiger partial charge in [-0.3, -0.25) is 14.6 Å². The van der Waals surface area contributed by atoms with Crippen molar-refractivity contribution in [1.82, 2.24) is 15.3 Å². The summed E-state index contributed by atoms with van der Waals surface area (Å²) in [5.41, 5.74) is 4.21. The van der Waals surface area contributed by atoms with Crippen LogP contribution in [0.4, 0.5) is 0 Å². The predicted molar refractivity (Wildman–Crippen MR) is 122 cm³/mol. The van der Waals surface area contributed by atoms with Crippen LogP contribution in [0.5, 0.6) is 0 Å². The van der Waals surface area contributed by atoms with Gasteiger partial charge in [0.2, 0.25) is 0 Å². The van der Waals surface area contributed by atoms with Crippen LogP contribution in [-0.2, 0) is 6.54 Å². The van der Waals surface area contributed by atoms with E-state index < -0.39 is 0 Å². The number of aromatic nitrogens is 2. The molecule has 0 radical (unpaired) electrons. The molecule has 0 saturated heterocycles. The highest BCUT2D eigenvalue weighted by atomic mass is 32.1. The number of ketones is 1. The quantitative estimate of drug-likeness (QED) is 0.440. The molecule has 2 heterocycles. The normalized spacial score (nSPS) is 10.6. The molecule has 5 nitrogen and oxygen atoms in total. The van der Waals surface area contributed by atoms with Gasteiger partial charge in [-0.1, -0.05) is 48.0 Å². The Labute approximate surface area is 184 Å². The summed E-state index contributed by atoms with van der Waals surface area (Å²) in [5.74, 6) is -0.453. The van der Waals surface area contributed by atoms with Crippen molar-refractivity contribution < 1.29 is 9.59 Å². The number of carbonyl (C=O) groups excluding carboxylic acids is 2. The maximum atomic E-state index is 13.0. The van der Waals surface area contributed by atoms with Gasteiger partial charge in [-0.25, -0.2) is 4.98 Å². The summed E-state index contributed by atoms with van der Waals surface area (Å²) < 4.78 is 0. The van der Waals surface area contributed by atoms with Crippen LogP contribution in [0.2, 0.25) is 0 Å². The molecular weight excluding hydrogens is 406 g/mol. The van der Waals surface area contributed by atoms with Crippen molar-refractivity contribution in [3.63, 3.8) is 0 Å². The molecule has 6 heteroatoms. The number of nitrogens with zero attached hydrogens (tertiary/aromatic N) is 2. The molecule has 0 aliphatic rings. The van der Waals surface area contributed by atoms with Crippen LogP contribution in [0, 0.1) is 13.8 Å². The van der Waals surface area contributed by atoms with E-state index in [4.69, 9.17) is 0 Å². The van der Waals surface area contributed by atoms with Crippen LogP contribution in [0.1, 0.15) is 42.4 Å². The van der Waals surface area contributed by atoms with Gasteiger partial charge in [0.1, 0.15) is 5.01 Å². The number of benzene rings is 2. The number of hydrogen-bond acceptors (Lipinski definition) is 5. The van der Waals surface area contributed by atoms with Gasteiger partial charge in [0.25, 0.3) is 5.91 Å². The Hall–Kier alpha value is -3.64. The largest absolute Gasteiger partial charge is 0.347 e. The zero-order valence-electron chi connectivity index (χ0n) is 17.3. The molecule has 1 N–H and O–H groups in total. The number of carbonyl (C=O) groups is 2. The van der Waals surface area contributed by atoms with Crippen molar-refractivity contribution in [3.8, 4) is 10.6 Å². The van der Waals surface area contributed by atoms with Crippen LogP contribution in [0.15, 0.2) is 73.1 Å². The zero-order valence-corrected chi connectivity index (χ0v) is 18.1. The lowest BCUT2D eigenvalue weighted by atomic mass is 9.97. The predicted octanol–water partition coefficient (Wildman–Crippen LogP) is 4.98. The van der Waals surface area contributed by atoms with Gasteiger partial charge < -0.3 is 5.32 Å². The summed E-state index contributed by atoms with van der Waals surface area (Å²) in [6, 6.07) is 18.1. The van der Waals surface area contributed by atoms with Crippen molar-refractivity contribution in [2.24, 2.45) is 0 Å². The number of hydrogen-bond donors (Lipinski definition) is 1. The Bertz CT molecular complexity index is 1230. The second-order valence-electron chi connectivity index (χ2n) is 7.19. The van der Waals surface area contributed by atoms with Gasteiger partial charge in [-0.05, 0) is 32.0 Å². The fourth-order valence-corrected chi connectivity index (χ4v) is 4.19. The lowest BCUT2D eigenvalue weighted by Crippen LogP contribution is -2.25. The third-order valence-electron chi connectivity index (χ3n) is 4.94. The lowest BCUT2D eigenvalue weighted by molar-refractivity contribution is 0.0940. The summed E-state index contributed by atoms with van der Waals surface area (Å²) in [5, 5.41) is 3.81. The Kier molecular flexibility index (Phi) is 6.00. The number of amides is 1.